The minimum atomic E-state index is -0.0349. The zero-order valence-corrected chi connectivity index (χ0v) is 9.15. The monoisotopic (exact) mass is 232 g/mol. The van der Waals surface area contributed by atoms with E-state index in [1.165, 1.54) is 17.3 Å². The van der Waals surface area contributed by atoms with Crippen molar-refractivity contribution in [2.24, 2.45) is 5.92 Å². The van der Waals surface area contributed by atoms with Crippen LogP contribution in [0.15, 0.2) is 25.0 Å². The van der Waals surface area contributed by atoms with Gasteiger partial charge in [-0.25, -0.2) is 9.66 Å². The van der Waals surface area contributed by atoms with E-state index >= 15 is 0 Å². The molecule has 1 aliphatic heterocycles. The Morgan fingerprint density at radius 3 is 3.06 bits per heavy atom. The lowest BCUT2D eigenvalue weighted by Crippen LogP contribution is -2.33. The van der Waals surface area contributed by atoms with Gasteiger partial charge in [0, 0.05) is 31.3 Å². The van der Waals surface area contributed by atoms with Crippen molar-refractivity contribution in [2.45, 2.75) is 19.4 Å². The lowest BCUT2D eigenvalue weighted by molar-refractivity contribution is -0.121. The van der Waals surface area contributed by atoms with Crippen molar-refractivity contribution in [1.29, 1.82) is 0 Å². The Balaban J connectivity index is 1.68. The summed E-state index contributed by atoms with van der Waals surface area (Å²) < 4.78 is 3.55. The third-order valence-corrected chi connectivity index (χ3v) is 2.98. The van der Waals surface area contributed by atoms with Gasteiger partial charge in [0.2, 0.25) is 5.91 Å². The number of aryl methyl sites for hydroxylation is 1. The van der Waals surface area contributed by atoms with Crippen molar-refractivity contribution in [3.05, 3.63) is 30.9 Å². The molecule has 0 aliphatic carbocycles. The number of imidazole rings is 1. The van der Waals surface area contributed by atoms with Gasteiger partial charge in [0.15, 0.2) is 0 Å². The van der Waals surface area contributed by atoms with Crippen LogP contribution >= 0.6 is 0 Å². The molecule has 1 aliphatic rings. The Kier molecular flexibility index (Phi) is 2.36. The summed E-state index contributed by atoms with van der Waals surface area (Å²) in [6.45, 7) is 0.843. The van der Waals surface area contributed by atoms with Gasteiger partial charge in [0.25, 0.3) is 0 Å². The summed E-state index contributed by atoms with van der Waals surface area (Å²) in [6, 6.07) is 0. The smallest absolute Gasteiger partial charge is 0.242 e. The number of rotatable bonds is 2. The van der Waals surface area contributed by atoms with Crippen LogP contribution in [0.3, 0.4) is 0 Å². The van der Waals surface area contributed by atoms with Crippen LogP contribution in [0.5, 0.6) is 0 Å². The molecule has 0 fully saturated rings. The first-order valence-corrected chi connectivity index (χ1v) is 5.48. The maximum atomic E-state index is 12.0. The fourth-order valence-electron chi connectivity index (χ4n) is 2.05. The number of carbonyl (C=O) groups excluding carboxylic acids is 1. The SMILES string of the molecule is O=C(Nn1cnnc1)C1CCn2ccnc2C1. The summed E-state index contributed by atoms with van der Waals surface area (Å²) in [5, 5.41) is 7.26. The van der Waals surface area contributed by atoms with Crippen molar-refractivity contribution >= 4 is 5.91 Å². The second kappa shape index (κ2) is 4.00. The molecular formula is C10H12N6O. The average molecular weight is 232 g/mol. The highest BCUT2D eigenvalue weighted by atomic mass is 16.2. The van der Waals surface area contributed by atoms with E-state index in [0.29, 0.717) is 6.42 Å². The number of carbonyl (C=O) groups is 1. The molecule has 2 aromatic rings. The number of fused-ring (bicyclic) bond motifs is 1. The first-order chi connectivity index (χ1) is 8.33. The summed E-state index contributed by atoms with van der Waals surface area (Å²) >= 11 is 0. The molecule has 88 valence electrons. The molecule has 0 spiro atoms. The van der Waals surface area contributed by atoms with Crippen molar-refractivity contribution < 1.29 is 4.79 Å². The van der Waals surface area contributed by atoms with Gasteiger partial charge in [-0.1, -0.05) is 0 Å². The highest BCUT2D eigenvalue weighted by Gasteiger charge is 2.25. The highest BCUT2D eigenvalue weighted by molar-refractivity contribution is 5.86. The Morgan fingerprint density at radius 2 is 2.24 bits per heavy atom. The van der Waals surface area contributed by atoms with Gasteiger partial charge < -0.3 is 4.57 Å². The fraction of sp³-hybridized carbons (Fsp3) is 0.400. The maximum absolute atomic E-state index is 12.0. The zero-order chi connectivity index (χ0) is 11.7. The highest BCUT2D eigenvalue weighted by Crippen LogP contribution is 2.19. The molecule has 17 heavy (non-hydrogen) atoms. The van der Waals surface area contributed by atoms with Crippen LogP contribution < -0.4 is 5.43 Å². The number of aromatic nitrogens is 5. The van der Waals surface area contributed by atoms with Gasteiger partial charge in [0.1, 0.15) is 18.5 Å². The van der Waals surface area contributed by atoms with Gasteiger partial charge in [0.05, 0.1) is 0 Å². The number of hydrogen-bond donors (Lipinski definition) is 1. The Hall–Kier alpha value is -2.18. The third kappa shape index (κ3) is 1.91. The predicted molar refractivity (Wildman–Crippen MR) is 58.4 cm³/mol. The molecule has 0 aromatic carbocycles. The molecular weight excluding hydrogens is 220 g/mol. The minimum Gasteiger partial charge on any atom is -0.335 e. The molecule has 2 aromatic heterocycles. The van der Waals surface area contributed by atoms with E-state index in [-0.39, 0.29) is 11.8 Å². The van der Waals surface area contributed by atoms with Crippen molar-refractivity contribution in [2.75, 3.05) is 5.43 Å². The number of nitrogens with zero attached hydrogens (tertiary/aromatic N) is 5. The molecule has 0 bridgehead atoms. The van der Waals surface area contributed by atoms with Crippen LogP contribution in [-0.2, 0) is 17.8 Å². The summed E-state index contributed by atoms with van der Waals surface area (Å²) in [6.07, 6.45) is 8.15. The van der Waals surface area contributed by atoms with Gasteiger partial charge in [-0.05, 0) is 6.42 Å². The molecule has 0 radical (unpaired) electrons. The van der Waals surface area contributed by atoms with Crippen LogP contribution in [0.2, 0.25) is 0 Å². The van der Waals surface area contributed by atoms with Gasteiger partial charge in [-0.15, -0.1) is 10.2 Å². The first kappa shape index (κ1) is 10.0. The van der Waals surface area contributed by atoms with Gasteiger partial charge in [-0.3, -0.25) is 10.2 Å². The molecule has 1 N–H and O–H groups in total. The molecule has 1 amide bonds. The summed E-state index contributed by atoms with van der Waals surface area (Å²) in [4.78, 5) is 16.2. The Morgan fingerprint density at radius 1 is 1.41 bits per heavy atom. The minimum absolute atomic E-state index is 0.0148. The third-order valence-electron chi connectivity index (χ3n) is 2.98. The largest absolute Gasteiger partial charge is 0.335 e. The van der Waals surface area contributed by atoms with Crippen LogP contribution in [0.1, 0.15) is 12.2 Å². The van der Waals surface area contributed by atoms with Crippen LogP contribution in [0, 0.1) is 5.92 Å². The van der Waals surface area contributed by atoms with Crippen molar-refractivity contribution in [1.82, 2.24) is 24.4 Å². The van der Waals surface area contributed by atoms with Crippen LogP contribution in [0.25, 0.3) is 0 Å². The van der Waals surface area contributed by atoms with E-state index in [0.717, 1.165) is 18.8 Å². The molecule has 0 saturated heterocycles. The molecule has 1 atom stereocenters. The van der Waals surface area contributed by atoms with E-state index in [4.69, 9.17) is 0 Å². The molecule has 0 saturated carbocycles. The molecule has 1 unspecified atom stereocenters. The number of nitrogens with one attached hydrogen (secondary N) is 1. The van der Waals surface area contributed by atoms with Crippen LogP contribution in [0.4, 0.5) is 0 Å². The fourth-order valence-corrected chi connectivity index (χ4v) is 2.05. The van der Waals surface area contributed by atoms with Crippen LogP contribution in [-0.4, -0.2) is 30.3 Å². The average Bonchev–Trinajstić information content (AvgIpc) is 2.97. The second-order valence-corrected chi connectivity index (χ2v) is 4.07. The summed E-state index contributed by atoms with van der Waals surface area (Å²) in [5.41, 5.74) is 2.73. The predicted octanol–water partition coefficient (Wildman–Crippen LogP) is -0.193. The standard InChI is InChI=1S/C10H12N6O/c17-10(14-16-6-12-13-7-16)8-1-3-15-4-2-11-9(15)5-8/h2,4,6-8H,1,3,5H2,(H,14,17). The lowest BCUT2D eigenvalue weighted by Gasteiger charge is -2.22. The number of hydrogen-bond acceptors (Lipinski definition) is 4. The van der Waals surface area contributed by atoms with Crippen molar-refractivity contribution in [3.63, 3.8) is 0 Å². The van der Waals surface area contributed by atoms with Crippen molar-refractivity contribution in [3.8, 4) is 0 Å². The normalized spacial score (nSPS) is 18.7. The lowest BCUT2D eigenvalue weighted by atomic mass is 9.97. The number of amides is 1. The van der Waals surface area contributed by atoms with E-state index in [2.05, 4.69) is 25.2 Å². The topological polar surface area (TPSA) is 77.6 Å². The summed E-state index contributed by atoms with van der Waals surface area (Å²) in [7, 11) is 0. The molecule has 3 rings (SSSR count). The molecule has 3 heterocycles. The molecule has 7 heteroatoms. The maximum Gasteiger partial charge on any atom is 0.242 e. The summed E-state index contributed by atoms with van der Waals surface area (Å²) in [5.74, 6) is 0.923. The van der Waals surface area contributed by atoms with E-state index < -0.39 is 0 Å². The first-order valence-electron chi connectivity index (χ1n) is 5.48. The Labute approximate surface area is 97.5 Å². The van der Waals surface area contributed by atoms with E-state index in [1.54, 1.807) is 6.20 Å². The van der Waals surface area contributed by atoms with E-state index in [9.17, 15) is 4.79 Å². The Bertz CT molecular complexity index is 517. The second-order valence-electron chi connectivity index (χ2n) is 4.07. The van der Waals surface area contributed by atoms with E-state index in [1.807, 2.05) is 6.20 Å². The van der Waals surface area contributed by atoms with Gasteiger partial charge in [-0.2, -0.15) is 0 Å². The quantitative estimate of drug-likeness (QED) is 0.778. The van der Waals surface area contributed by atoms with Gasteiger partial charge >= 0.3 is 0 Å². The molecule has 7 nitrogen and oxygen atoms in total. The zero-order valence-electron chi connectivity index (χ0n) is 9.15.